The summed E-state index contributed by atoms with van der Waals surface area (Å²) in [6.45, 7) is 4.75. The molecule has 5 rings (SSSR count). The Labute approximate surface area is 200 Å². The topological polar surface area (TPSA) is 106 Å². The van der Waals surface area contributed by atoms with E-state index < -0.39 is 5.54 Å². The molecule has 2 aromatic heterocycles. The molecule has 172 valence electrons. The van der Waals surface area contributed by atoms with Gasteiger partial charge in [-0.2, -0.15) is 5.21 Å². The Kier molecular flexibility index (Phi) is 5.92. The van der Waals surface area contributed by atoms with Crippen LogP contribution >= 0.6 is 22.9 Å². The summed E-state index contributed by atoms with van der Waals surface area (Å²) >= 11 is 8.34. The van der Waals surface area contributed by atoms with Gasteiger partial charge in [-0.25, -0.2) is 4.98 Å². The van der Waals surface area contributed by atoms with Gasteiger partial charge in [0.25, 0.3) is 5.91 Å². The molecule has 3 heterocycles. The molecule has 1 aliphatic carbocycles. The normalized spacial score (nSPS) is 20.8. The Morgan fingerprint density at radius 2 is 2.18 bits per heavy atom. The molecule has 2 aliphatic rings. The first kappa shape index (κ1) is 22.0. The third-order valence-electron chi connectivity index (χ3n) is 6.08. The largest absolute Gasteiger partial charge is 0.494 e. The van der Waals surface area contributed by atoms with E-state index in [9.17, 15) is 4.79 Å². The van der Waals surface area contributed by atoms with E-state index in [0.29, 0.717) is 29.5 Å². The minimum Gasteiger partial charge on any atom is -0.494 e. The highest BCUT2D eigenvalue weighted by atomic mass is 35.5. The van der Waals surface area contributed by atoms with Crippen LogP contribution in [0, 0.1) is 0 Å². The number of rotatable bonds is 8. The molecule has 3 aromatic rings. The highest BCUT2D eigenvalue weighted by Gasteiger charge is 2.41. The number of nitrogens with zero attached hydrogens (tertiary/aromatic N) is 4. The summed E-state index contributed by atoms with van der Waals surface area (Å²) in [5.74, 6) is 1.30. The van der Waals surface area contributed by atoms with Crippen LogP contribution < -0.4 is 10.1 Å². The number of aromatic nitrogens is 5. The molecule has 8 nitrogen and oxygen atoms in total. The molecule has 0 bridgehead atoms. The van der Waals surface area contributed by atoms with Crippen LogP contribution in [0.4, 0.5) is 0 Å². The van der Waals surface area contributed by atoms with Crippen LogP contribution in [0.2, 0.25) is 5.02 Å². The molecule has 1 saturated carbocycles. The molecule has 10 heteroatoms. The fourth-order valence-electron chi connectivity index (χ4n) is 4.14. The number of ether oxygens (including phenoxy) is 1. The summed E-state index contributed by atoms with van der Waals surface area (Å²) in [7, 11) is 0. The molecular formula is C23H25ClN6O2S. The van der Waals surface area contributed by atoms with Crippen molar-refractivity contribution in [3.05, 3.63) is 50.7 Å². The summed E-state index contributed by atoms with van der Waals surface area (Å²) in [6, 6.07) is 5.65. The Morgan fingerprint density at radius 1 is 1.33 bits per heavy atom. The van der Waals surface area contributed by atoms with Crippen molar-refractivity contribution in [2.24, 2.45) is 0 Å². The molecule has 1 fully saturated rings. The van der Waals surface area contributed by atoms with Gasteiger partial charge < -0.3 is 10.1 Å². The number of hydrogen-bond acceptors (Lipinski definition) is 7. The Bertz CT molecular complexity index is 1200. The molecule has 33 heavy (non-hydrogen) atoms. The van der Waals surface area contributed by atoms with Crippen LogP contribution in [0.5, 0.6) is 5.75 Å². The molecule has 0 saturated heterocycles. The SMILES string of the molecule is CCCCOc1ccc([C@]2(C)CC(c3ncc(C4CC4)s3)=C(c3nn[nH]n3)C(=O)N2)c(Cl)c1. The van der Waals surface area contributed by atoms with E-state index in [-0.39, 0.29) is 11.7 Å². The number of aromatic amines is 1. The van der Waals surface area contributed by atoms with Crippen molar-refractivity contribution in [2.75, 3.05) is 6.61 Å². The number of tetrazole rings is 1. The number of H-pyrrole nitrogens is 1. The van der Waals surface area contributed by atoms with E-state index in [4.69, 9.17) is 16.3 Å². The first-order valence-electron chi connectivity index (χ1n) is 11.2. The Hall–Kier alpha value is -2.78. The van der Waals surface area contributed by atoms with Crippen molar-refractivity contribution < 1.29 is 9.53 Å². The third-order valence-corrected chi connectivity index (χ3v) is 7.61. The van der Waals surface area contributed by atoms with Gasteiger partial charge in [0.15, 0.2) is 0 Å². The molecule has 1 aliphatic heterocycles. The number of amides is 1. The molecule has 1 aromatic carbocycles. The van der Waals surface area contributed by atoms with Gasteiger partial charge in [-0.05, 0) is 55.0 Å². The van der Waals surface area contributed by atoms with Crippen LogP contribution in [0.15, 0.2) is 24.4 Å². The zero-order chi connectivity index (χ0) is 23.0. The Morgan fingerprint density at radius 3 is 2.88 bits per heavy atom. The van der Waals surface area contributed by atoms with Crippen molar-refractivity contribution in [2.45, 2.75) is 57.4 Å². The molecule has 1 amide bonds. The molecule has 0 unspecified atom stereocenters. The van der Waals surface area contributed by atoms with Crippen molar-refractivity contribution in [1.82, 2.24) is 30.9 Å². The smallest absolute Gasteiger partial charge is 0.256 e. The average molecular weight is 485 g/mol. The predicted molar refractivity (Wildman–Crippen MR) is 127 cm³/mol. The maximum absolute atomic E-state index is 13.4. The first-order valence-corrected chi connectivity index (χ1v) is 12.4. The zero-order valence-electron chi connectivity index (χ0n) is 18.5. The first-order chi connectivity index (χ1) is 16.0. The minimum atomic E-state index is -0.732. The lowest BCUT2D eigenvalue weighted by molar-refractivity contribution is -0.117. The van der Waals surface area contributed by atoms with Crippen LogP contribution in [-0.4, -0.2) is 38.1 Å². The summed E-state index contributed by atoms with van der Waals surface area (Å²) in [5, 5.41) is 18.7. The van der Waals surface area contributed by atoms with Crippen molar-refractivity contribution in [3.63, 3.8) is 0 Å². The molecular weight excluding hydrogens is 460 g/mol. The van der Waals surface area contributed by atoms with E-state index in [1.165, 1.54) is 17.7 Å². The minimum absolute atomic E-state index is 0.262. The fraction of sp³-hybridized carbons (Fsp3) is 0.435. The van der Waals surface area contributed by atoms with Crippen LogP contribution in [-0.2, 0) is 10.3 Å². The number of hydrogen-bond donors (Lipinski definition) is 2. The van der Waals surface area contributed by atoms with Crippen LogP contribution in [0.1, 0.15) is 73.1 Å². The van der Waals surface area contributed by atoms with E-state index in [1.807, 2.05) is 31.3 Å². The van der Waals surface area contributed by atoms with Gasteiger partial charge in [-0.3, -0.25) is 4.79 Å². The number of halogens is 1. The number of benzene rings is 1. The number of thiazole rings is 1. The second kappa shape index (κ2) is 8.87. The lowest BCUT2D eigenvalue weighted by atomic mass is 9.80. The van der Waals surface area contributed by atoms with Gasteiger partial charge in [0.2, 0.25) is 5.82 Å². The number of nitrogens with one attached hydrogen (secondary N) is 2. The van der Waals surface area contributed by atoms with Crippen molar-refractivity contribution in [1.29, 1.82) is 0 Å². The van der Waals surface area contributed by atoms with Gasteiger partial charge in [0, 0.05) is 28.1 Å². The highest BCUT2D eigenvalue weighted by Crippen LogP contribution is 2.47. The number of carbonyl (C=O) groups is 1. The average Bonchev–Trinajstić information content (AvgIpc) is 3.28. The van der Waals surface area contributed by atoms with Gasteiger partial charge in [-0.1, -0.05) is 31.0 Å². The molecule has 2 N–H and O–H groups in total. The zero-order valence-corrected chi connectivity index (χ0v) is 20.1. The quantitative estimate of drug-likeness (QED) is 0.448. The van der Waals surface area contributed by atoms with Crippen molar-refractivity contribution in [3.8, 4) is 5.75 Å². The predicted octanol–water partition coefficient (Wildman–Crippen LogP) is 4.71. The Balaban J connectivity index is 1.52. The van der Waals surface area contributed by atoms with E-state index in [1.54, 1.807) is 11.3 Å². The number of unbranched alkanes of at least 4 members (excludes halogenated alkanes) is 1. The monoisotopic (exact) mass is 484 g/mol. The van der Waals surface area contributed by atoms with Gasteiger partial charge in [0.1, 0.15) is 10.8 Å². The third kappa shape index (κ3) is 4.39. The van der Waals surface area contributed by atoms with Crippen LogP contribution in [0.25, 0.3) is 11.1 Å². The van der Waals surface area contributed by atoms with Crippen LogP contribution in [0.3, 0.4) is 0 Å². The van der Waals surface area contributed by atoms with Gasteiger partial charge in [-0.15, -0.1) is 21.5 Å². The summed E-state index contributed by atoms with van der Waals surface area (Å²) in [6.07, 6.45) is 6.86. The van der Waals surface area contributed by atoms with Crippen molar-refractivity contribution >= 4 is 40.0 Å². The molecule has 0 spiro atoms. The lowest BCUT2D eigenvalue weighted by Gasteiger charge is -2.37. The second-order valence-corrected chi connectivity index (χ2v) is 10.2. The fourth-order valence-corrected chi connectivity index (χ4v) is 5.65. The summed E-state index contributed by atoms with van der Waals surface area (Å²) < 4.78 is 5.79. The van der Waals surface area contributed by atoms with Gasteiger partial charge in [0.05, 0.1) is 17.7 Å². The lowest BCUT2D eigenvalue weighted by Crippen LogP contribution is -2.47. The van der Waals surface area contributed by atoms with E-state index >= 15 is 0 Å². The second-order valence-electron chi connectivity index (χ2n) is 8.74. The van der Waals surface area contributed by atoms with E-state index in [0.717, 1.165) is 34.7 Å². The van der Waals surface area contributed by atoms with E-state index in [2.05, 4.69) is 37.8 Å². The summed E-state index contributed by atoms with van der Waals surface area (Å²) in [5.41, 5.74) is 1.29. The molecule has 0 radical (unpaired) electrons. The summed E-state index contributed by atoms with van der Waals surface area (Å²) in [4.78, 5) is 19.3. The molecule has 1 atom stereocenters. The number of carbonyl (C=O) groups excluding carboxylic acids is 1. The maximum Gasteiger partial charge on any atom is 0.256 e. The standard InChI is InChI=1S/C23H25ClN6O2S/c1-3-4-9-32-14-7-8-16(17(24)10-14)23(2)11-15(22-25-12-18(33-22)13-5-6-13)19(21(31)26-23)20-27-29-30-28-20/h7-8,10,12-13H,3-6,9,11H2,1-2H3,(H,26,31)(H,27,28,29,30)/t23-/m0/s1. The van der Waals surface area contributed by atoms with Gasteiger partial charge >= 0.3 is 0 Å². The maximum atomic E-state index is 13.4. The highest BCUT2D eigenvalue weighted by molar-refractivity contribution is 7.13.